The minimum atomic E-state index is -0.648. The summed E-state index contributed by atoms with van der Waals surface area (Å²) in [6, 6.07) is 0. The zero-order valence-corrected chi connectivity index (χ0v) is 8.44. The van der Waals surface area contributed by atoms with E-state index in [9.17, 15) is 4.79 Å². The number of hydrogen-bond donors (Lipinski definition) is 1. The lowest BCUT2D eigenvalue weighted by molar-refractivity contribution is -0.405. The van der Waals surface area contributed by atoms with Crippen molar-refractivity contribution in [3.63, 3.8) is 0 Å². The molecule has 0 spiro atoms. The van der Waals surface area contributed by atoms with Gasteiger partial charge in [-0.2, -0.15) is 4.79 Å². The number of nitrogens with zero attached hydrogens (tertiary/aromatic N) is 2. The number of amides is 1. The van der Waals surface area contributed by atoms with Crippen molar-refractivity contribution >= 4 is 18.6 Å². The Hall–Kier alpha value is -1.39. The summed E-state index contributed by atoms with van der Waals surface area (Å²) in [7, 11) is 0. The van der Waals surface area contributed by atoms with Crippen LogP contribution in [-0.2, 0) is 4.74 Å². The predicted molar refractivity (Wildman–Crippen MR) is 50.9 cm³/mol. The van der Waals surface area contributed by atoms with E-state index < -0.39 is 11.7 Å². The normalized spacial score (nSPS) is 13.4. The molecule has 5 nitrogen and oxygen atoms in total. The van der Waals surface area contributed by atoms with E-state index in [1.54, 1.807) is 33.9 Å². The highest BCUT2D eigenvalue weighted by atomic mass is 16.6. The fourth-order valence-corrected chi connectivity index (χ4v) is 0.469. The first kappa shape index (κ1) is 11.6. The van der Waals surface area contributed by atoms with Crippen LogP contribution in [-0.4, -0.2) is 28.9 Å². The van der Waals surface area contributed by atoms with Crippen molar-refractivity contribution in [2.75, 3.05) is 0 Å². The smallest absolute Gasteiger partial charge is 0.423 e. The summed E-state index contributed by atoms with van der Waals surface area (Å²) < 4.78 is 6.07. The van der Waals surface area contributed by atoms with Crippen LogP contribution in [0.3, 0.4) is 0 Å². The zero-order chi connectivity index (χ0) is 10.5. The molecule has 0 aromatic carbocycles. The van der Waals surface area contributed by atoms with Crippen LogP contribution in [0.2, 0.25) is 0 Å². The third-order valence-corrected chi connectivity index (χ3v) is 0.988. The van der Waals surface area contributed by atoms with Gasteiger partial charge in [-0.1, -0.05) is 0 Å². The maximum atomic E-state index is 11.0. The lowest BCUT2D eigenvalue weighted by Crippen LogP contribution is -2.23. The van der Waals surface area contributed by atoms with Crippen molar-refractivity contribution in [1.29, 1.82) is 0 Å². The van der Waals surface area contributed by atoms with Gasteiger partial charge in [-0.3, -0.25) is 5.84 Å². The first-order valence-corrected chi connectivity index (χ1v) is 3.95. The molecule has 0 radical (unpaired) electrons. The highest BCUT2D eigenvalue weighted by Crippen LogP contribution is 2.07. The summed E-state index contributed by atoms with van der Waals surface area (Å²) in [6.45, 7) is 7.03. The largest absolute Gasteiger partial charge is 0.550 e. The van der Waals surface area contributed by atoms with E-state index in [0.29, 0.717) is 0 Å². The molecule has 0 saturated carbocycles. The third kappa shape index (κ3) is 6.99. The van der Waals surface area contributed by atoms with Crippen LogP contribution in [0, 0.1) is 0 Å². The Balaban J connectivity index is 4.10. The first-order chi connectivity index (χ1) is 5.85. The molecule has 5 heteroatoms. The number of hydrazone groups is 1. The highest BCUT2D eigenvalue weighted by molar-refractivity contribution is 5.77. The van der Waals surface area contributed by atoms with Gasteiger partial charge in [0.1, 0.15) is 5.60 Å². The van der Waals surface area contributed by atoms with Crippen molar-refractivity contribution in [2.45, 2.75) is 33.3 Å². The molecule has 0 aromatic rings. The Labute approximate surface area is 77.9 Å². The molecule has 74 valence electrons. The van der Waals surface area contributed by atoms with Crippen LogP contribution in [0.5, 0.6) is 0 Å². The average Bonchev–Trinajstić information content (AvgIpc) is 1.97. The van der Waals surface area contributed by atoms with Gasteiger partial charge in [0, 0.05) is 4.99 Å². The molecule has 0 rings (SSSR count). The molecule has 0 aliphatic rings. The number of hydrogen-bond acceptors (Lipinski definition) is 3. The molecule has 0 heterocycles. The Kier molecular flexibility index (Phi) is 4.10. The van der Waals surface area contributed by atoms with Gasteiger partial charge in [-0.25, -0.2) is 0 Å². The van der Waals surface area contributed by atoms with Gasteiger partial charge >= 0.3 is 12.4 Å². The zero-order valence-electron chi connectivity index (χ0n) is 8.44. The summed E-state index contributed by atoms with van der Waals surface area (Å²) in [6.07, 6.45) is 2.10. The van der Waals surface area contributed by atoms with Gasteiger partial charge in [-0.05, 0) is 27.7 Å². The van der Waals surface area contributed by atoms with Gasteiger partial charge in [-0.15, -0.1) is 4.68 Å². The second-order valence-corrected chi connectivity index (χ2v) is 3.43. The molecule has 0 saturated heterocycles. The van der Waals surface area contributed by atoms with Crippen LogP contribution in [0.15, 0.2) is 4.99 Å². The highest BCUT2D eigenvalue weighted by Gasteiger charge is 2.18. The molecule has 2 N–H and O–H groups in total. The van der Waals surface area contributed by atoms with Crippen molar-refractivity contribution < 1.29 is 14.2 Å². The minimum Gasteiger partial charge on any atom is -0.423 e. The van der Waals surface area contributed by atoms with Crippen LogP contribution in [0.25, 0.3) is 0 Å². The van der Waals surface area contributed by atoms with Gasteiger partial charge in [0.15, 0.2) is 0 Å². The number of rotatable bonds is 1. The second kappa shape index (κ2) is 4.59. The van der Waals surface area contributed by atoms with Gasteiger partial charge in [0.2, 0.25) is 0 Å². The molecule has 0 fully saturated rings. The maximum Gasteiger partial charge on any atom is 0.550 e. The van der Waals surface area contributed by atoms with E-state index in [0.717, 1.165) is 0 Å². The summed E-state index contributed by atoms with van der Waals surface area (Å²) in [4.78, 5) is 14.4. The number of aliphatic imine (C=N–C) groups is 1. The fraction of sp³-hybridized carbons (Fsp3) is 0.625. The molecule has 1 amide bonds. The number of ether oxygens (including phenoxy) is 1. The summed E-state index contributed by atoms with van der Waals surface area (Å²) in [5.74, 6) is 5.31. The summed E-state index contributed by atoms with van der Waals surface area (Å²) in [5.41, 5.74) is -0.524. The average molecular weight is 186 g/mol. The quantitative estimate of drug-likeness (QED) is 0.218. The monoisotopic (exact) mass is 186 g/mol. The Morgan fingerprint density at radius 1 is 1.54 bits per heavy atom. The van der Waals surface area contributed by atoms with Gasteiger partial charge in [0.25, 0.3) is 0 Å². The van der Waals surface area contributed by atoms with Crippen molar-refractivity contribution in [2.24, 2.45) is 10.8 Å². The van der Waals surface area contributed by atoms with Gasteiger partial charge in [0.05, 0.1) is 6.21 Å². The molecule has 0 unspecified atom stereocenters. The summed E-state index contributed by atoms with van der Waals surface area (Å²) >= 11 is 0. The molecule has 0 bridgehead atoms. The molecular weight excluding hydrogens is 170 g/mol. The minimum absolute atomic E-state index is 0.524. The van der Waals surface area contributed by atoms with E-state index in [-0.39, 0.29) is 0 Å². The number of carbonyl (C=O) groups is 1. The third-order valence-electron chi connectivity index (χ3n) is 0.988. The van der Waals surface area contributed by atoms with E-state index in [2.05, 4.69) is 4.99 Å². The molecule has 13 heavy (non-hydrogen) atoms. The van der Waals surface area contributed by atoms with Crippen molar-refractivity contribution in [3.8, 4) is 0 Å². The Bertz CT molecular complexity index is 238. The summed E-state index contributed by atoms with van der Waals surface area (Å²) in [5, 5.41) is 0. The molecule has 0 aromatic heterocycles. The topological polar surface area (TPSA) is 67.7 Å². The van der Waals surface area contributed by atoms with E-state index in [1.165, 1.54) is 11.0 Å². The van der Waals surface area contributed by atoms with E-state index in [4.69, 9.17) is 10.6 Å². The lowest BCUT2D eigenvalue weighted by Gasteiger charge is -2.14. The van der Waals surface area contributed by atoms with Crippen LogP contribution >= 0.6 is 0 Å². The van der Waals surface area contributed by atoms with E-state index >= 15 is 0 Å². The van der Waals surface area contributed by atoms with Crippen LogP contribution in [0.1, 0.15) is 27.7 Å². The lowest BCUT2D eigenvalue weighted by atomic mass is 10.2. The SMILES string of the molecule is CC=[N+](N)C=NC(=O)OC(C)(C)C. The number of nitrogens with two attached hydrogens (primary N) is 1. The Morgan fingerprint density at radius 3 is 2.46 bits per heavy atom. The van der Waals surface area contributed by atoms with Crippen LogP contribution in [0.4, 0.5) is 4.79 Å². The van der Waals surface area contributed by atoms with Crippen molar-refractivity contribution in [3.05, 3.63) is 0 Å². The molecule has 0 aliphatic carbocycles. The van der Waals surface area contributed by atoms with Crippen molar-refractivity contribution in [1.82, 2.24) is 0 Å². The standard InChI is InChI=1S/C8H16N3O2/c1-5-11(9)6-10-7(12)13-8(2,3)4/h5-6H,9H2,1-4H3/q+1. The Morgan fingerprint density at radius 2 is 2.08 bits per heavy atom. The van der Waals surface area contributed by atoms with Crippen LogP contribution < -0.4 is 5.84 Å². The van der Waals surface area contributed by atoms with Gasteiger partial charge < -0.3 is 4.74 Å². The first-order valence-electron chi connectivity index (χ1n) is 3.95. The number of carbonyl (C=O) groups excluding carboxylic acids is 1. The fourth-order valence-electron chi connectivity index (χ4n) is 0.469. The molecule has 0 aliphatic heterocycles. The second-order valence-electron chi connectivity index (χ2n) is 3.43. The van der Waals surface area contributed by atoms with E-state index in [1.807, 2.05) is 0 Å². The molecule has 0 atom stereocenters. The maximum absolute atomic E-state index is 11.0. The predicted octanol–water partition coefficient (Wildman–Crippen LogP) is 0.927. The number of hydrazine groups is 1. The molecular formula is C8H16N3O2+.